The minimum Gasteiger partial charge on any atom is -0.483 e. The Hall–Kier alpha value is -2.21. The molecule has 0 spiro atoms. The van der Waals surface area contributed by atoms with Crippen molar-refractivity contribution in [2.24, 2.45) is 11.8 Å². The fourth-order valence-electron chi connectivity index (χ4n) is 4.99. The SMILES string of the molecule is CCN(CC)CCN1C(=O)C2=C(C(=O)C3CC(C)CCC3O2)C1c1ccccn1. The van der Waals surface area contributed by atoms with Crippen molar-refractivity contribution in [1.29, 1.82) is 0 Å². The molecule has 1 aromatic heterocycles. The maximum absolute atomic E-state index is 13.6. The number of hydrogen-bond donors (Lipinski definition) is 0. The molecule has 1 saturated carbocycles. The quantitative estimate of drug-likeness (QED) is 0.739. The molecule has 4 rings (SSSR count). The average molecular weight is 398 g/mol. The molecule has 3 heterocycles. The molecule has 2 aliphatic heterocycles. The maximum atomic E-state index is 13.6. The van der Waals surface area contributed by atoms with Crippen LogP contribution in [0.1, 0.15) is 51.8 Å². The molecular formula is C23H31N3O3. The fourth-order valence-corrected chi connectivity index (χ4v) is 4.99. The number of nitrogens with zero attached hydrogens (tertiary/aromatic N) is 3. The third kappa shape index (κ3) is 3.59. The van der Waals surface area contributed by atoms with Crippen molar-refractivity contribution in [1.82, 2.24) is 14.8 Å². The van der Waals surface area contributed by atoms with Crippen LogP contribution in [0.25, 0.3) is 0 Å². The van der Waals surface area contributed by atoms with E-state index in [9.17, 15) is 9.59 Å². The van der Waals surface area contributed by atoms with E-state index in [0.29, 0.717) is 18.0 Å². The van der Waals surface area contributed by atoms with Gasteiger partial charge in [0.25, 0.3) is 5.91 Å². The molecule has 1 amide bonds. The van der Waals surface area contributed by atoms with E-state index in [1.54, 1.807) is 11.1 Å². The lowest BCUT2D eigenvalue weighted by Crippen LogP contribution is -2.41. The van der Waals surface area contributed by atoms with Crippen molar-refractivity contribution < 1.29 is 14.3 Å². The van der Waals surface area contributed by atoms with Crippen LogP contribution in [-0.4, -0.2) is 58.8 Å². The van der Waals surface area contributed by atoms with Crippen molar-refractivity contribution in [3.63, 3.8) is 0 Å². The van der Waals surface area contributed by atoms with Crippen molar-refractivity contribution in [3.05, 3.63) is 41.4 Å². The number of likely N-dealkylation sites (N-methyl/N-ethyl adjacent to an activating group) is 1. The first kappa shape index (κ1) is 20.1. The summed E-state index contributed by atoms with van der Waals surface area (Å²) in [6.07, 6.45) is 4.29. The fraction of sp³-hybridized carbons (Fsp3) is 0.609. The van der Waals surface area contributed by atoms with Crippen molar-refractivity contribution in [2.75, 3.05) is 26.2 Å². The van der Waals surface area contributed by atoms with E-state index >= 15 is 0 Å². The summed E-state index contributed by atoms with van der Waals surface area (Å²) < 4.78 is 6.21. The second-order valence-electron chi connectivity index (χ2n) is 8.47. The van der Waals surface area contributed by atoms with Gasteiger partial charge in [0.05, 0.1) is 17.2 Å². The Morgan fingerprint density at radius 3 is 2.69 bits per heavy atom. The first-order valence-electron chi connectivity index (χ1n) is 10.9. The molecule has 29 heavy (non-hydrogen) atoms. The summed E-state index contributed by atoms with van der Waals surface area (Å²) in [5.41, 5.74) is 1.27. The molecule has 6 heteroatoms. The number of aromatic nitrogens is 1. The zero-order valence-electron chi connectivity index (χ0n) is 17.6. The Kier molecular flexibility index (Phi) is 5.72. The molecule has 0 radical (unpaired) electrons. The van der Waals surface area contributed by atoms with Crippen LogP contribution in [0.3, 0.4) is 0 Å². The summed E-state index contributed by atoms with van der Waals surface area (Å²) in [7, 11) is 0. The minimum absolute atomic E-state index is 0.0946. The maximum Gasteiger partial charge on any atom is 0.290 e. The van der Waals surface area contributed by atoms with Crippen LogP contribution in [0.4, 0.5) is 0 Å². The van der Waals surface area contributed by atoms with E-state index < -0.39 is 6.04 Å². The first-order valence-corrected chi connectivity index (χ1v) is 10.9. The van der Waals surface area contributed by atoms with Crippen LogP contribution < -0.4 is 0 Å². The van der Waals surface area contributed by atoms with E-state index in [1.165, 1.54) is 0 Å². The molecule has 3 aliphatic rings. The largest absolute Gasteiger partial charge is 0.483 e. The van der Waals surface area contributed by atoms with E-state index in [2.05, 4.69) is 30.7 Å². The number of ether oxygens (including phenoxy) is 1. The lowest BCUT2D eigenvalue weighted by molar-refractivity contribution is -0.136. The number of rotatable bonds is 6. The summed E-state index contributed by atoms with van der Waals surface area (Å²) in [5, 5.41) is 0. The molecule has 156 valence electrons. The van der Waals surface area contributed by atoms with Crippen LogP contribution in [0.15, 0.2) is 35.7 Å². The predicted octanol–water partition coefficient (Wildman–Crippen LogP) is 2.96. The van der Waals surface area contributed by atoms with Crippen molar-refractivity contribution in [3.8, 4) is 0 Å². The first-order chi connectivity index (χ1) is 14.0. The monoisotopic (exact) mass is 397 g/mol. The van der Waals surface area contributed by atoms with Crippen LogP contribution >= 0.6 is 0 Å². The minimum atomic E-state index is -0.444. The number of fused-ring (bicyclic) bond motifs is 1. The molecule has 1 aliphatic carbocycles. The molecular weight excluding hydrogens is 366 g/mol. The molecule has 4 atom stereocenters. The summed E-state index contributed by atoms with van der Waals surface area (Å²) >= 11 is 0. The van der Waals surface area contributed by atoms with Gasteiger partial charge in [-0.25, -0.2) is 0 Å². The number of carbonyl (C=O) groups excluding carboxylic acids is 2. The normalized spacial score (nSPS) is 29.2. The van der Waals surface area contributed by atoms with E-state index in [0.717, 1.165) is 44.6 Å². The van der Waals surface area contributed by atoms with E-state index in [-0.39, 0.29) is 29.5 Å². The van der Waals surface area contributed by atoms with Crippen molar-refractivity contribution in [2.45, 2.75) is 52.2 Å². The van der Waals surface area contributed by atoms with Gasteiger partial charge in [0.15, 0.2) is 11.5 Å². The zero-order chi connectivity index (χ0) is 20.5. The predicted molar refractivity (Wildman–Crippen MR) is 110 cm³/mol. The highest BCUT2D eigenvalue weighted by atomic mass is 16.5. The molecule has 0 N–H and O–H groups in total. The van der Waals surface area contributed by atoms with Gasteiger partial charge in [0.2, 0.25) is 0 Å². The van der Waals surface area contributed by atoms with Gasteiger partial charge in [-0.15, -0.1) is 0 Å². The molecule has 1 aromatic rings. The third-order valence-electron chi connectivity index (χ3n) is 6.72. The van der Waals surface area contributed by atoms with Gasteiger partial charge in [0.1, 0.15) is 12.1 Å². The number of carbonyl (C=O) groups is 2. The summed E-state index contributed by atoms with van der Waals surface area (Å²) in [6, 6.07) is 5.22. The van der Waals surface area contributed by atoms with Crippen LogP contribution in [0.2, 0.25) is 0 Å². The van der Waals surface area contributed by atoms with Gasteiger partial charge < -0.3 is 14.5 Å². The smallest absolute Gasteiger partial charge is 0.290 e. The average Bonchev–Trinajstić information content (AvgIpc) is 3.02. The summed E-state index contributed by atoms with van der Waals surface area (Å²) in [4.78, 5) is 35.5. The lowest BCUT2D eigenvalue weighted by atomic mass is 9.74. The second kappa shape index (κ2) is 8.27. The highest BCUT2D eigenvalue weighted by molar-refractivity contribution is 6.11. The van der Waals surface area contributed by atoms with Gasteiger partial charge >= 0.3 is 0 Å². The molecule has 1 fully saturated rings. The van der Waals surface area contributed by atoms with Crippen molar-refractivity contribution >= 4 is 11.7 Å². The Balaban J connectivity index is 1.69. The van der Waals surface area contributed by atoms with Crippen LogP contribution in [-0.2, 0) is 14.3 Å². The molecule has 4 unspecified atom stereocenters. The number of ketones is 1. The lowest BCUT2D eigenvalue weighted by Gasteiger charge is -2.37. The number of pyridine rings is 1. The van der Waals surface area contributed by atoms with Gasteiger partial charge in [-0.1, -0.05) is 26.8 Å². The van der Waals surface area contributed by atoms with Gasteiger partial charge in [-0.2, -0.15) is 0 Å². The third-order valence-corrected chi connectivity index (χ3v) is 6.72. The number of amides is 1. The zero-order valence-corrected chi connectivity index (χ0v) is 17.6. The number of hydrogen-bond acceptors (Lipinski definition) is 5. The second-order valence-corrected chi connectivity index (χ2v) is 8.47. The Labute approximate surface area is 172 Å². The molecule has 6 nitrogen and oxygen atoms in total. The molecule has 0 bridgehead atoms. The Morgan fingerprint density at radius 1 is 1.21 bits per heavy atom. The topological polar surface area (TPSA) is 62.7 Å². The van der Waals surface area contributed by atoms with Crippen LogP contribution in [0.5, 0.6) is 0 Å². The molecule has 0 aromatic carbocycles. The Morgan fingerprint density at radius 2 is 2.00 bits per heavy atom. The highest BCUT2D eigenvalue weighted by Gasteiger charge is 2.52. The highest BCUT2D eigenvalue weighted by Crippen LogP contribution is 2.46. The van der Waals surface area contributed by atoms with E-state index in [1.807, 2.05) is 18.2 Å². The Bertz CT molecular complexity index is 803. The summed E-state index contributed by atoms with van der Waals surface area (Å²) in [6.45, 7) is 9.60. The van der Waals surface area contributed by atoms with Gasteiger partial charge in [-0.3, -0.25) is 14.6 Å². The number of Topliss-reactive ketones (excluding diaryl/α,β-unsaturated/α-hetero) is 1. The van der Waals surface area contributed by atoms with E-state index in [4.69, 9.17) is 4.74 Å². The van der Waals surface area contributed by atoms with Gasteiger partial charge in [0, 0.05) is 19.3 Å². The molecule has 0 saturated heterocycles. The summed E-state index contributed by atoms with van der Waals surface area (Å²) in [5.74, 6) is 0.584. The van der Waals surface area contributed by atoms with Crippen LogP contribution in [0, 0.1) is 11.8 Å². The van der Waals surface area contributed by atoms with Gasteiger partial charge in [-0.05, 0) is 50.4 Å². The standard InChI is InChI=1S/C23H31N3O3/c1-4-25(5-2)12-13-26-20(17-8-6-7-11-24-17)19-21(27)16-14-15(3)9-10-18(16)29-22(19)23(26)28/h6-8,11,15-16,18,20H,4-5,9-10,12-14H2,1-3H3.